The third kappa shape index (κ3) is 4.07. The SMILES string of the molecule is CSCC(=O)N[C@H](c1ccccc1)[C@@H](C)C(=O)O. The van der Waals surface area contributed by atoms with E-state index in [-0.39, 0.29) is 5.91 Å². The largest absolute Gasteiger partial charge is 0.481 e. The van der Waals surface area contributed by atoms with Crippen LogP contribution in [0.1, 0.15) is 18.5 Å². The van der Waals surface area contributed by atoms with E-state index in [1.807, 2.05) is 36.6 Å². The van der Waals surface area contributed by atoms with E-state index in [4.69, 9.17) is 5.11 Å². The van der Waals surface area contributed by atoms with E-state index in [0.717, 1.165) is 5.56 Å². The molecule has 0 aliphatic rings. The second-order valence-corrected chi connectivity index (χ2v) is 4.88. The highest BCUT2D eigenvalue weighted by Crippen LogP contribution is 2.22. The van der Waals surface area contributed by atoms with Gasteiger partial charge in [0, 0.05) is 0 Å². The third-order valence-electron chi connectivity index (χ3n) is 2.64. The molecule has 0 radical (unpaired) electrons. The van der Waals surface area contributed by atoms with Crippen molar-refractivity contribution in [1.82, 2.24) is 5.32 Å². The van der Waals surface area contributed by atoms with Gasteiger partial charge in [0.15, 0.2) is 0 Å². The summed E-state index contributed by atoms with van der Waals surface area (Å²) in [7, 11) is 0. The van der Waals surface area contributed by atoms with Gasteiger partial charge in [0.2, 0.25) is 5.91 Å². The lowest BCUT2D eigenvalue weighted by Crippen LogP contribution is -2.36. The number of carbonyl (C=O) groups excluding carboxylic acids is 1. The summed E-state index contributed by atoms with van der Waals surface area (Å²) in [6, 6.07) is 8.67. The fourth-order valence-corrected chi connectivity index (χ4v) is 1.99. The molecule has 98 valence electrons. The van der Waals surface area contributed by atoms with Crippen LogP contribution in [-0.2, 0) is 9.59 Å². The van der Waals surface area contributed by atoms with Gasteiger partial charge >= 0.3 is 5.97 Å². The summed E-state index contributed by atoms with van der Waals surface area (Å²) in [5.41, 5.74) is 0.807. The lowest BCUT2D eigenvalue weighted by atomic mass is 9.94. The molecule has 0 aliphatic carbocycles. The quantitative estimate of drug-likeness (QED) is 0.826. The first-order valence-electron chi connectivity index (χ1n) is 5.62. The summed E-state index contributed by atoms with van der Waals surface area (Å²) < 4.78 is 0. The predicted octanol–water partition coefficient (Wildman–Crippen LogP) is 1.93. The highest BCUT2D eigenvalue weighted by Gasteiger charge is 2.26. The van der Waals surface area contributed by atoms with Crippen LogP contribution in [-0.4, -0.2) is 29.0 Å². The van der Waals surface area contributed by atoms with Gasteiger partial charge in [0.1, 0.15) is 0 Å². The average Bonchev–Trinajstić information content (AvgIpc) is 2.36. The van der Waals surface area contributed by atoms with Crippen LogP contribution in [0.25, 0.3) is 0 Å². The summed E-state index contributed by atoms with van der Waals surface area (Å²) in [5.74, 6) is -1.41. The molecule has 4 nitrogen and oxygen atoms in total. The Morgan fingerprint density at radius 2 is 1.94 bits per heavy atom. The Balaban J connectivity index is 2.89. The van der Waals surface area contributed by atoms with Gasteiger partial charge in [-0.05, 0) is 18.7 Å². The Bertz CT molecular complexity index is 408. The second-order valence-electron chi connectivity index (χ2n) is 4.02. The van der Waals surface area contributed by atoms with Gasteiger partial charge in [0.25, 0.3) is 0 Å². The van der Waals surface area contributed by atoms with Crippen LogP contribution in [0, 0.1) is 5.92 Å². The Hall–Kier alpha value is -1.49. The van der Waals surface area contributed by atoms with Crippen molar-refractivity contribution in [2.45, 2.75) is 13.0 Å². The van der Waals surface area contributed by atoms with E-state index in [2.05, 4.69) is 5.32 Å². The molecule has 0 saturated heterocycles. The predicted molar refractivity (Wildman–Crippen MR) is 72.5 cm³/mol. The number of carboxylic acid groups (broad SMARTS) is 1. The molecule has 0 unspecified atom stereocenters. The molecule has 18 heavy (non-hydrogen) atoms. The molecule has 0 aliphatic heterocycles. The minimum absolute atomic E-state index is 0.149. The lowest BCUT2D eigenvalue weighted by molar-refractivity contribution is -0.142. The molecule has 1 amide bonds. The third-order valence-corrected chi connectivity index (χ3v) is 3.19. The first kappa shape index (κ1) is 14.6. The highest BCUT2D eigenvalue weighted by molar-refractivity contribution is 7.99. The summed E-state index contributed by atoms with van der Waals surface area (Å²) in [5, 5.41) is 11.9. The monoisotopic (exact) mass is 267 g/mol. The molecule has 0 saturated carbocycles. The number of benzene rings is 1. The molecule has 5 heteroatoms. The highest BCUT2D eigenvalue weighted by atomic mass is 32.2. The maximum Gasteiger partial charge on any atom is 0.308 e. The number of amides is 1. The fraction of sp³-hybridized carbons (Fsp3) is 0.385. The van der Waals surface area contributed by atoms with Gasteiger partial charge in [-0.1, -0.05) is 30.3 Å². The zero-order chi connectivity index (χ0) is 13.5. The van der Waals surface area contributed by atoms with E-state index in [1.165, 1.54) is 11.8 Å². The number of nitrogens with one attached hydrogen (secondary N) is 1. The molecule has 2 atom stereocenters. The van der Waals surface area contributed by atoms with Gasteiger partial charge < -0.3 is 10.4 Å². The summed E-state index contributed by atoms with van der Waals surface area (Å²) in [6.07, 6.45) is 1.83. The van der Waals surface area contributed by atoms with E-state index >= 15 is 0 Å². The number of thioether (sulfide) groups is 1. The first-order chi connectivity index (χ1) is 8.56. The molecular weight excluding hydrogens is 250 g/mol. The minimum atomic E-state index is -0.923. The van der Waals surface area contributed by atoms with Gasteiger partial charge in [-0.15, -0.1) is 0 Å². The van der Waals surface area contributed by atoms with Crippen molar-refractivity contribution in [3.63, 3.8) is 0 Å². The summed E-state index contributed by atoms with van der Waals surface area (Å²) >= 11 is 1.41. The normalized spacial score (nSPS) is 13.7. The van der Waals surface area contributed by atoms with Crippen molar-refractivity contribution < 1.29 is 14.7 Å². The van der Waals surface area contributed by atoms with Crippen molar-refractivity contribution in [3.05, 3.63) is 35.9 Å². The number of aliphatic carboxylic acids is 1. The maximum absolute atomic E-state index is 11.6. The molecule has 1 rings (SSSR count). The molecule has 1 aromatic rings. The van der Waals surface area contributed by atoms with Gasteiger partial charge in [0.05, 0.1) is 17.7 Å². The first-order valence-corrected chi connectivity index (χ1v) is 7.01. The summed E-state index contributed by atoms with van der Waals surface area (Å²) in [4.78, 5) is 22.7. The van der Waals surface area contributed by atoms with Crippen LogP contribution in [0.3, 0.4) is 0 Å². The zero-order valence-corrected chi connectivity index (χ0v) is 11.2. The second kappa shape index (κ2) is 7.06. The van der Waals surface area contributed by atoms with Crippen molar-refractivity contribution in [2.24, 2.45) is 5.92 Å². The number of rotatable bonds is 6. The van der Waals surface area contributed by atoms with Crippen LogP contribution in [0.2, 0.25) is 0 Å². The van der Waals surface area contributed by atoms with E-state index < -0.39 is 17.9 Å². The zero-order valence-electron chi connectivity index (χ0n) is 10.4. The number of carboxylic acids is 1. The molecule has 0 bridgehead atoms. The lowest BCUT2D eigenvalue weighted by Gasteiger charge is -2.22. The van der Waals surface area contributed by atoms with E-state index in [0.29, 0.717) is 5.75 Å². The molecule has 0 aromatic heterocycles. The molecule has 0 fully saturated rings. The fourth-order valence-electron chi connectivity index (χ4n) is 1.65. The number of carbonyl (C=O) groups is 2. The van der Waals surface area contributed by atoms with Gasteiger partial charge in [-0.25, -0.2) is 0 Å². The number of hydrogen-bond donors (Lipinski definition) is 2. The molecule has 2 N–H and O–H groups in total. The van der Waals surface area contributed by atoms with Gasteiger partial charge in [-0.3, -0.25) is 9.59 Å². The van der Waals surface area contributed by atoms with Crippen LogP contribution in [0.5, 0.6) is 0 Å². The molecule has 0 spiro atoms. The van der Waals surface area contributed by atoms with Crippen LogP contribution in [0.15, 0.2) is 30.3 Å². The Morgan fingerprint density at radius 3 is 2.44 bits per heavy atom. The Kier molecular flexibility index (Phi) is 5.71. The molecule has 0 heterocycles. The van der Waals surface area contributed by atoms with Crippen LogP contribution >= 0.6 is 11.8 Å². The van der Waals surface area contributed by atoms with Crippen molar-refractivity contribution in [3.8, 4) is 0 Å². The van der Waals surface area contributed by atoms with Gasteiger partial charge in [-0.2, -0.15) is 11.8 Å². The standard InChI is InChI=1S/C13H17NO3S/c1-9(13(16)17)12(14-11(15)8-18-2)10-6-4-3-5-7-10/h3-7,9,12H,8H2,1-2H3,(H,14,15)(H,16,17)/t9-,12+/m1/s1. The average molecular weight is 267 g/mol. The summed E-state index contributed by atoms with van der Waals surface area (Å²) in [6.45, 7) is 1.60. The van der Waals surface area contributed by atoms with Crippen molar-refractivity contribution >= 4 is 23.6 Å². The topological polar surface area (TPSA) is 66.4 Å². The Labute approximate surface area is 111 Å². The van der Waals surface area contributed by atoms with Crippen LogP contribution in [0.4, 0.5) is 0 Å². The van der Waals surface area contributed by atoms with Crippen molar-refractivity contribution in [1.29, 1.82) is 0 Å². The van der Waals surface area contributed by atoms with Crippen LogP contribution < -0.4 is 5.32 Å². The van der Waals surface area contributed by atoms with E-state index in [9.17, 15) is 9.59 Å². The number of hydrogen-bond acceptors (Lipinski definition) is 3. The minimum Gasteiger partial charge on any atom is -0.481 e. The maximum atomic E-state index is 11.6. The van der Waals surface area contributed by atoms with Crippen molar-refractivity contribution in [2.75, 3.05) is 12.0 Å². The molecular formula is C13H17NO3S. The van der Waals surface area contributed by atoms with E-state index in [1.54, 1.807) is 6.92 Å². The Morgan fingerprint density at radius 1 is 1.33 bits per heavy atom. The smallest absolute Gasteiger partial charge is 0.308 e. The molecule has 1 aromatic carbocycles.